The van der Waals surface area contributed by atoms with Crippen LogP contribution in [-0.2, 0) is 20.5 Å². The number of esters is 1. The van der Waals surface area contributed by atoms with Gasteiger partial charge in [0.05, 0.1) is 18.6 Å². The lowest BCUT2D eigenvalue weighted by Gasteiger charge is -2.43. The second kappa shape index (κ2) is 10.3. The maximum Gasteiger partial charge on any atom is 0.416 e. The van der Waals surface area contributed by atoms with Gasteiger partial charge in [0.1, 0.15) is 6.04 Å². The largest absolute Gasteiger partial charge is 0.469 e. The number of amides is 2. The number of ether oxygens (including phenoxy) is 1. The Morgan fingerprint density at radius 3 is 2.53 bits per heavy atom. The Bertz CT molecular complexity index is 921. The Hall–Kier alpha value is -2.62. The summed E-state index contributed by atoms with van der Waals surface area (Å²) in [6.07, 6.45) is -2.23. The van der Waals surface area contributed by atoms with Crippen LogP contribution < -0.4 is 5.32 Å². The molecule has 0 radical (unpaired) electrons. The third kappa shape index (κ3) is 5.54. The lowest BCUT2D eigenvalue weighted by atomic mass is 9.80. The molecule has 10 heteroatoms. The number of alkyl halides is 3. The Balaban J connectivity index is 1.70. The Morgan fingerprint density at radius 2 is 1.91 bits per heavy atom. The van der Waals surface area contributed by atoms with Gasteiger partial charge in [-0.25, -0.2) is 0 Å². The Labute approximate surface area is 197 Å². The van der Waals surface area contributed by atoms with E-state index in [4.69, 9.17) is 4.74 Å². The van der Waals surface area contributed by atoms with E-state index in [1.807, 2.05) is 7.05 Å². The predicted octanol–water partition coefficient (Wildman–Crippen LogP) is 3.09. The maximum absolute atomic E-state index is 13.1. The molecule has 34 heavy (non-hydrogen) atoms. The molecule has 1 aliphatic carbocycles. The van der Waals surface area contributed by atoms with E-state index in [0.29, 0.717) is 31.8 Å². The fourth-order valence-electron chi connectivity index (χ4n) is 4.95. The van der Waals surface area contributed by atoms with Gasteiger partial charge < -0.3 is 19.9 Å². The molecule has 1 heterocycles. The molecular formula is C24H32F3N3O4. The van der Waals surface area contributed by atoms with Gasteiger partial charge in [0.15, 0.2) is 0 Å². The van der Waals surface area contributed by atoms with Crippen LogP contribution >= 0.6 is 0 Å². The number of nitrogens with zero attached hydrogens (tertiary/aromatic N) is 2. The molecule has 1 aliphatic heterocycles. The molecule has 2 fully saturated rings. The molecule has 0 bridgehead atoms. The number of rotatable bonds is 6. The van der Waals surface area contributed by atoms with Crippen LogP contribution in [-0.4, -0.2) is 72.5 Å². The van der Waals surface area contributed by atoms with Gasteiger partial charge in [-0.2, -0.15) is 13.2 Å². The van der Waals surface area contributed by atoms with Crippen LogP contribution in [0, 0.1) is 5.92 Å². The first kappa shape index (κ1) is 26.0. The van der Waals surface area contributed by atoms with Crippen molar-refractivity contribution in [3.63, 3.8) is 0 Å². The van der Waals surface area contributed by atoms with Gasteiger partial charge in [-0.3, -0.25) is 14.4 Å². The smallest absolute Gasteiger partial charge is 0.416 e. The first-order valence-corrected chi connectivity index (χ1v) is 11.5. The molecule has 1 aromatic rings. The SMILES string of the molecule is COC(=O)[C@@H]1CC(N(C)C(C)C)CC[C@@H]1N1CC[C@H](NC(=O)c2cccc(C(F)(F)F)c2)C1=O. The van der Waals surface area contributed by atoms with E-state index < -0.39 is 29.6 Å². The molecule has 1 aromatic carbocycles. The van der Waals surface area contributed by atoms with Gasteiger partial charge in [0.25, 0.3) is 5.91 Å². The molecule has 1 saturated carbocycles. The van der Waals surface area contributed by atoms with Crippen LogP contribution in [0.1, 0.15) is 55.5 Å². The fourth-order valence-corrected chi connectivity index (χ4v) is 4.95. The molecule has 2 amide bonds. The normalized spacial score (nSPS) is 25.7. The predicted molar refractivity (Wildman–Crippen MR) is 119 cm³/mol. The number of nitrogens with one attached hydrogen (secondary N) is 1. The lowest BCUT2D eigenvalue weighted by molar-refractivity contribution is -0.152. The highest BCUT2D eigenvalue weighted by Crippen LogP contribution is 2.35. The number of methoxy groups -OCH3 is 1. The summed E-state index contributed by atoms with van der Waals surface area (Å²) in [5.74, 6) is -1.91. The lowest BCUT2D eigenvalue weighted by Crippen LogP contribution is -2.53. The highest BCUT2D eigenvalue weighted by molar-refractivity contribution is 5.98. The van der Waals surface area contributed by atoms with Crippen molar-refractivity contribution < 1.29 is 32.3 Å². The highest BCUT2D eigenvalue weighted by atomic mass is 19.4. The Kier molecular flexibility index (Phi) is 7.90. The minimum atomic E-state index is -4.57. The summed E-state index contributed by atoms with van der Waals surface area (Å²) in [7, 11) is 3.35. The van der Waals surface area contributed by atoms with E-state index in [1.165, 1.54) is 13.2 Å². The van der Waals surface area contributed by atoms with E-state index in [-0.39, 0.29) is 29.5 Å². The minimum Gasteiger partial charge on any atom is -0.469 e. The summed E-state index contributed by atoms with van der Waals surface area (Å²) in [4.78, 5) is 42.2. The zero-order chi connectivity index (χ0) is 25.2. The van der Waals surface area contributed by atoms with Crippen LogP contribution in [0.5, 0.6) is 0 Å². The minimum absolute atomic E-state index is 0.161. The number of likely N-dealkylation sites (tertiary alicyclic amines) is 1. The molecular weight excluding hydrogens is 451 g/mol. The standard InChI is InChI=1S/C24H32F3N3O4/c1-14(2)29(3)17-8-9-20(18(13-17)23(33)34-4)30-11-10-19(22(30)32)28-21(31)15-6-5-7-16(12-15)24(25,26)27/h5-7,12,14,17-20H,8-11,13H2,1-4H3,(H,28,31)/t17?,18-,19+,20+/m1/s1. The summed E-state index contributed by atoms with van der Waals surface area (Å²) in [6, 6.07) is 3.41. The van der Waals surface area contributed by atoms with Crippen molar-refractivity contribution in [2.45, 2.75) is 69.9 Å². The topological polar surface area (TPSA) is 79.0 Å². The zero-order valence-electron chi connectivity index (χ0n) is 19.9. The number of halogens is 3. The van der Waals surface area contributed by atoms with Crippen LogP contribution in [0.4, 0.5) is 13.2 Å². The first-order chi connectivity index (χ1) is 15.9. The Morgan fingerprint density at radius 1 is 1.21 bits per heavy atom. The molecule has 0 aromatic heterocycles. The summed E-state index contributed by atoms with van der Waals surface area (Å²) >= 11 is 0. The van der Waals surface area contributed by atoms with Crippen molar-refractivity contribution in [3.8, 4) is 0 Å². The summed E-state index contributed by atoms with van der Waals surface area (Å²) in [5, 5.41) is 2.57. The fraction of sp³-hybridized carbons (Fsp3) is 0.625. The van der Waals surface area contributed by atoms with E-state index in [9.17, 15) is 27.6 Å². The molecule has 1 N–H and O–H groups in total. The van der Waals surface area contributed by atoms with Crippen molar-refractivity contribution >= 4 is 17.8 Å². The quantitative estimate of drug-likeness (QED) is 0.630. The third-order valence-electron chi connectivity index (χ3n) is 7.08. The van der Waals surface area contributed by atoms with Crippen molar-refractivity contribution in [2.24, 2.45) is 5.92 Å². The molecule has 2 aliphatic rings. The van der Waals surface area contributed by atoms with E-state index in [1.54, 1.807) is 4.90 Å². The van der Waals surface area contributed by atoms with Gasteiger partial charge in [0.2, 0.25) is 5.91 Å². The molecule has 7 nitrogen and oxygen atoms in total. The summed E-state index contributed by atoms with van der Waals surface area (Å²) in [5.41, 5.74) is -1.09. The second-order valence-corrected chi connectivity index (χ2v) is 9.35. The van der Waals surface area contributed by atoms with Crippen molar-refractivity contribution in [2.75, 3.05) is 20.7 Å². The first-order valence-electron chi connectivity index (χ1n) is 11.5. The van der Waals surface area contributed by atoms with Crippen LogP contribution in [0.3, 0.4) is 0 Å². The van der Waals surface area contributed by atoms with E-state index in [2.05, 4.69) is 24.1 Å². The molecule has 0 spiro atoms. The number of carbonyl (C=O) groups excluding carboxylic acids is 3. The molecule has 1 saturated heterocycles. The maximum atomic E-state index is 13.1. The van der Waals surface area contributed by atoms with Gasteiger partial charge in [-0.1, -0.05) is 6.07 Å². The van der Waals surface area contributed by atoms with Gasteiger partial charge in [0, 0.05) is 30.2 Å². The number of hydrogen-bond acceptors (Lipinski definition) is 5. The van der Waals surface area contributed by atoms with Crippen LogP contribution in [0.25, 0.3) is 0 Å². The third-order valence-corrected chi connectivity index (χ3v) is 7.08. The van der Waals surface area contributed by atoms with Crippen LogP contribution in [0.15, 0.2) is 24.3 Å². The molecule has 4 atom stereocenters. The van der Waals surface area contributed by atoms with Crippen LogP contribution in [0.2, 0.25) is 0 Å². The van der Waals surface area contributed by atoms with E-state index in [0.717, 1.165) is 24.6 Å². The van der Waals surface area contributed by atoms with Crippen molar-refractivity contribution in [3.05, 3.63) is 35.4 Å². The number of hydrogen-bond donors (Lipinski definition) is 1. The van der Waals surface area contributed by atoms with Gasteiger partial charge >= 0.3 is 12.1 Å². The monoisotopic (exact) mass is 483 g/mol. The second-order valence-electron chi connectivity index (χ2n) is 9.35. The molecule has 1 unspecified atom stereocenters. The van der Waals surface area contributed by atoms with E-state index >= 15 is 0 Å². The number of carbonyl (C=O) groups is 3. The zero-order valence-corrected chi connectivity index (χ0v) is 19.9. The molecule has 3 rings (SSSR count). The van der Waals surface area contributed by atoms with Gasteiger partial charge in [-0.05, 0) is 64.8 Å². The molecule has 188 valence electrons. The van der Waals surface area contributed by atoms with Crippen molar-refractivity contribution in [1.82, 2.24) is 15.1 Å². The average molecular weight is 484 g/mol. The number of benzene rings is 1. The van der Waals surface area contributed by atoms with Crippen molar-refractivity contribution in [1.29, 1.82) is 0 Å². The summed E-state index contributed by atoms with van der Waals surface area (Å²) in [6.45, 7) is 4.52. The van der Waals surface area contributed by atoms with Gasteiger partial charge in [-0.15, -0.1) is 0 Å². The highest BCUT2D eigenvalue weighted by Gasteiger charge is 2.45. The average Bonchev–Trinajstić information content (AvgIpc) is 3.16. The summed E-state index contributed by atoms with van der Waals surface area (Å²) < 4.78 is 44.0.